The standard InChI is InChI=1S/C15H20N4/c1-2-16-15-18-12-10-14(19-15)17-11-6-9-13-7-4-3-5-8-13/h3-5,7-8,10,12H,2,6,9,11H2,1H3,(H2,16,17,18,19). The Morgan fingerprint density at radius 2 is 1.89 bits per heavy atom. The summed E-state index contributed by atoms with van der Waals surface area (Å²) < 4.78 is 0. The Morgan fingerprint density at radius 3 is 2.68 bits per heavy atom. The topological polar surface area (TPSA) is 49.8 Å². The first-order valence-electron chi connectivity index (χ1n) is 6.73. The molecule has 4 nitrogen and oxygen atoms in total. The van der Waals surface area contributed by atoms with Crippen molar-refractivity contribution in [3.05, 3.63) is 48.2 Å². The third kappa shape index (κ3) is 4.58. The van der Waals surface area contributed by atoms with Gasteiger partial charge >= 0.3 is 0 Å². The largest absolute Gasteiger partial charge is 0.370 e. The number of rotatable bonds is 7. The van der Waals surface area contributed by atoms with E-state index in [1.165, 1.54) is 5.56 Å². The van der Waals surface area contributed by atoms with Gasteiger partial charge in [0.05, 0.1) is 0 Å². The molecule has 0 saturated heterocycles. The number of aromatic nitrogens is 2. The first-order valence-corrected chi connectivity index (χ1v) is 6.73. The smallest absolute Gasteiger partial charge is 0.224 e. The highest BCUT2D eigenvalue weighted by Crippen LogP contribution is 2.06. The van der Waals surface area contributed by atoms with Gasteiger partial charge < -0.3 is 10.6 Å². The van der Waals surface area contributed by atoms with E-state index in [2.05, 4.69) is 44.9 Å². The van der Waals surface area contributed by atoms with E-state index >= 15 is 0 Å². The molecule has 0 spiro atoms. The molecule has 1 heterocycles. The van der Waals surface area contributed by atoms with Crippen LogP contribution < -0.4 is 10.6 Å². The minimum atomic E-state index is 0.676. The Bertz CT molecular complexity index is 485. The molecule has 0 atom stereocenters. The van der Waals surface area contributed by atoms with Gasteiger partial charge in [-0.1, -0.05) is 30.3 Å². The van der Waals surface area contributed by atoms with Crippen molar-refractivity contribution in [3.8, 4) is 0 Å². The van der Waals surface area contributed by atoms with Crippen LogP contribution in [0.5, 0.6) is 0 Å². The molecule has 0 aliphatic carbocycles. The van der Waals surface area contributed by atoms with Crippen molar-refractivity contribution < 1.29 is 0 Å². The van der Waals surface area contributed by atoms with Crippen molar-refractivity contribution in [3.63, 3.8) is 0 Å². The number of anilines is 2. The molecule has 2 rings (SSSR count). The summed E-state index contributed by atoms with van der Waals surface area (Å²) in [6.45, 7) is 3.78. The summed E-state index contributed by atoms with van der Waals surface area (Å²) >= 11 is 0. The van der Waals surface area contributed by atoms with Crippen LogP contribution in [-0.2, 0) is 6.42 Å². The molecule has 0 saturated carbocycles. The van der Waals surface area contributed by atoms with Crippen molar-refractivity contribution in [1.29, 1.82) is 0 Å². The van der Waals surface area contributed by atoms with Gasteiger partial charge in [-0.15, -0.1) is 0 Å². The number of aryl methyl sites for hydroxylation is 1. The third-order valence-electron chi connectivity index (χ3n) is 2.78. The Labute approximate surface area is 114 Å². The highest BCUT2D eigenvalue weighted by atomic mass is 15.1. The minimum absolute atomic E-state index is 0.676. The Hall–Kier alpha value is -2.10. The Kier molecular flexibility index (Phi) is 5.17. The van der Waals surface area contributed by atoms with E-state index in [1.54, 1.807) is 6.20 Å². The lowest BCUT2D eigenvalue weighted by Gasteiger charge is -2.07. The van der Waals surface area contributed by atoms with E-state index in [0.717, 1.165) is 31.7 Å². The predicted octanol–water partition coefficient (Wildman–Crippen LogP) is 2.95. The summed E-state index contributed by atoms with van der Waals surface area (Å²) in [6, 6.07) is 12.4. The molecule has 100 valence electrons. The van der Waals surface area contributed by atoms with Crippen LogP contribution in [0, 0.1) is 0 Å². The summed E-state index contributed by atoms with van der Waals surface area (Å²) in [5.41, 5.74) is 1.38. The molecule has 1 aromatic carbocycles. The Morgan fingerprint density at radius 1 is 1.05 bits per heavy atom. The molecule has 4 heteroatoms. The minimum Gasteiger partial charge on any atom is -0.370 e. The third-order valence-corrected chi connectivity index (χ3v) is 2.78. The summed E-state index contributed by atoms with van der Waals surface area (Å²) in [7, 11) is 0. The van der Waals surface area contributed by atoms with Crippen molar-refractivity contribution in [2.24, 2.45) is 0 Å². The second kappa shape index (κ2) is 7.36. The van der Waals surface area contributed by atoms with E-state index < -0.39 is 0 Å². The molecule has 0 unspecified atom stereocenters. The van der Waals surface area contributed by atoms with Crippen LogP contribution in [0.3, 0.4) is 0 Å². The maximum absolute atomic E-state index is 4.37. The number of hydrogen-bond donors (Lipinski definition) is 2. The fraction of sp³-hybridized carbons (Fsp3) is 0.333. The fourth-order valence-electron chi connectivity index (χ4n) is 1.85. The number of hydrogen-bond acceptors (Lipinski definition) is 4. The van der Waals surface area contributed by atoms with Crippen LogP contribution in [0.15, 0.2) is 42.6 Å². The molecule has 2 aromatic rings. The van der Waals surface area contributed by atoms with Crippen LogP contribution in [0.2, 0.25) is 0 Å². The first-order chi connectivity index (χ1) is 9.38. The van der Waals surface area contributed by atoms with Gasteiger partial charge in [-0.25, -0.2) is 4.98 Å². The second-order valence-electron chi connectivity index (χ2n) is 4.31. The van der Waals surface area contributed by atoms with E-state index in [0.29, 0.717) is 5.95 Å². The maximum Gasteiger partial charge on any atom is 0.224 e. The zero-order valence-electron chi connectivity index (χ0n) is 11.3. The normalized spacial score (nSPS) is 10.2. The molecule has 0 bridgehead atoms. The van der Waals surface area contributed by atoms with Crippen molar-refractivity contribution in [2.75, 3.05) is 23.7 Å². The van der Waals surface area contributed by atoms with Gasteiger partial charge in [0.2, 0.25) is 5.95 Å². The van der Waals surface area contributed by atoms with E-state index in [-0.39, 0.29) is 0 Å². The van der Waals surface area contributed by atoms with Crippen molar-refractivity contribution in [1.82, 2.24) is 9.97 Å². The van der Waals surface area contributed by atoms with Crippen LogP contribution in [-0.4, -0.2) is 23.1 Å². The lowest BCUT2D eigenvalue weighted by Crippen LogP contribution is -2.07. The maximum atomic E-state index is 4.37. The molecular weight excluding hydrogens is 236 g/mol. The first kappa shape index (κ1) is 13.3. The van der Waals surface area contributed by atoms with E-state index in [1.807, 2.05) is 19.1 Å². The zero-order valence-corrected chi connectivity index (χ0v) is 11.3. The molecule has 19 heavy (non-hydrogen) atoms. The molecule has 0 radical (unpaired) electrons. The van der Waals surface area contributed by atoms with E-state index in [9.17, 15) is 0 Å². The second-order valence-corrected chi connectivity index (χ2v) is 4.31. The number of nitrogens with zero attached hydrogens (tertiary/aromatic N) is 2. The SMILES string of the molecule is CCNc1nccc(NCCCc2ccccc2)n1. The molecule has 1 aromatic heterocycles. The molecule has 0 aliphatic rings. The summed E-state index contributed by atoms with van der Waals surface area (Å²) in [4.78, 5) is 8.52. The highest BCUT2D eigenvalue weighted by Gasteiger charge is 1.97. The van der Waals surface area contributed by atoms with Gasteiger partial charge in [-0.3, -0.25) is 0 Å². The van der Waals surface area contributed by atoms with Gasteiger partial charge in [0.15, 0.2) is 0 Å². The van der Waals surface area contributed by atoms with Gasteiger partial charge in [0, 0.05) is 19.3 Å². The average Bonchev–Trinajstić information content (AvgIpc) is 2.46. The van der Waals surface area contributed by atoms with Crippen molar-refractivity contribution in [2.45, 2.75) is 19.8 Å². The van der Waals surface area contributed by atoms with Gasteiger partial charge in [0.25, 0.3) is 0 Å². The fourth-order valence-corrected chi connectivity index (χ4v) is 1.85. The van der Waals surface area contributed by atoms with Crippen LogP contribution in [0.1, 0.15) is 18.9 Å². The van der Waals surface area contributed by atoms with Gasteiger partial charge in [-0.2, -0.15) is 4.98 Å². The summed E-state index contributed by atoms with van der Waals surface area (Å²) in [5, 5.41) is 6.42. The molecule has 0 fully saturated rings. The van der Waals surface area contributed by atoms with E-state index in [4.69, 9.17) is 0 Å². The quantitative estimate of drug-likeness (QED) is 0.748. The predicted molar refractivity (Wildman–Crippen MR) is 79.4 cm³/mol. The zero-order chi connectivity index (χ0) is 13.3. The van der Waals surface area contributed by atoms with Crippen molar-refractivity contribution >= 4 is 11.8 Å². The molecule has 0 aliphatic heterocycles. The van der Waals surface area contributed by atoms with Gasteiger partial charge in [-0.05, 0) is 31.4 Å². The Balaban J connectivity index is 1.75. The molecular formula is C15H20N4. The molecule has 0 amide bonds. The lowest BCUT2D eigenvalue weighted by molar-refractivity contribution is 0.858. The monoisotopic (exact) mass is 256 g/mol. The number of benzene rings is 1. The highest BCUT2D eigenvalue weighted by molar-refractivity contribution is 5.39. The summed E-state index contributed by atoms with van der Waals surface area (Å²) in [6.07, 6.45) is 3.94. The van der Waals surface area contributed by atoms with Crippen LogP contribution >= 0.6 is 0 Å². The summed E-state index contributed by atoms with van der Waals surface area (Å²) in [5.74, 6) is 1.55. The lowest BCUT2D eigenvalue weighted by atomic mass is 10.1. The van der Waals surface area contributed by atoms with Gasteiger partial charge in [0.1, 0.15) is 5.82 Å². The average molecular weight is 256 g/mol. The van der Waals surface area contributed by atoms with Crippen LogP contribution in [0.25, 0.3) is 0 Å². The number of nitrogens with one attached hydrogen (secondary N) is 2. The van der Waals surface area contributed by atoms with Crippen LogP contribution in [0.4, 0.5) is 11.8 Å². The molecule has 2 N–H and O–H groups in total.